The fourth-order valence-corrected chi connectivity index (χ4v) is 8.06. The van der Waals surface area contributed by atoms with Crippen LogP contribution in [0, 0.1) is 11.3 Å². The quantitative estimate of drug-likeness (QED) is 0.237. The van der Waals surface area contributed by atoms with E-state index in [4.69, 9.17) is 4.84 Å². The summed E-state index contributed by atoms with van der Waals surface area (Å²) in [5, 5.41) is 0. The highest BCUT2D eigenvalue weighted by Crippen LogP contribution is 2.46. The number of nitrogens with one attached hydrogen (secondary N) is 1. The van der Waals surface area contributed by atoms with Gasteiger partial charge in [-0.1, -0.05) is 57.7 Å². The number of carbonyl (C=O) groups excluding carboxylic acids is 1. The molecular weight excluding hydrogens is 504 g/mol. The number of anilines is 2. The van der Waals surface area contributed by atoms with Gasteiger partial charge in [-0.15, -0.1) is 17.2 Å². The van der Waals surface area contributed by atoms with Crippen molar-refractivity contribution in [2.75, 3.05) is 23.5 Å². The summed E-state index contributed by atoms with van der Waals surface area (Å²) in [6.07, 6.45) is 9.62. The molecular formula is C29H40N2O4S2. The van der Waals surface area contributed by atoms with E-state index in [9.17, 15) is 13.2 Å². The smallest absolute Gasteiger partial charge is 0.327 e. The summed E-state index contributed by atoms with van der Waals surface area (Å²) in [7, 11) is -3.57. The van der Waals surface area contributed by atoms with E-state index in [2.05, 4.69) is 36.4 Å². The Morgan fingerprint density at radius 1 is 1.11 bits per heavy atom. The Morgan fingerprint density at radius 2 is 1.78 bits per heavy atom. The highest BCUT2D eigenvalue weighted by atomic mass is 32.2. The van der Waals surface area contributed by atoms with Gasteiger partial charge in [0, 0.05) is 22.5 Å². The molecule has 1 aliphatic heterocycles. The molecule has 0 aromatic heterocycles. The van der Waals surface area contributed by atoms with Crippen molar-refractivity contribution in [3.05, 3.63) is 48.0 Å². The predicted molar refractivity (Wildman–Crippen MR) is 151 cm³/mol. The Bertz CT molecular complexity index is 1170. The van der Waals surface area contributed by atoms with Crippen molar-refractivity contribution < 1.29 is 18.0 Å². The summed E-state index contributed by atoms with van der Waals surface area (Å²) in [6, 6.07) is 14.0. The highest BCUT2D eigenvalue weighted by molar-refractivity contribution is 7.98. The number of nitrogens with zero attached hydrogens (tertiary/aromatic N) is 1. The molecule has 0 bridgehead atoms. The van der Waals surface area contributed by atoms with E-state index in [1.54, 1.807) is 17.8 Å². The SMILES string of the molecule is CCCCC1(CCCC)CN(c2ccccc2)c2cc(SC)c(CNOC(=O)C3CC3)cc2S(=O)(=O)C1. The molecule has 0 amide bonds. The zero-order valence-corrected chi connectivity index (χ0v) is 23.9. The molecule has 0 saturated heterocycles. The molecule has 2 aromatic carbocycles. The van der Waals surface area contributed by atoms with Gasteiger partial charge in [-0.25, -0.2) is 8.42 Å². The molecule has 1 aliphatic carbocycles. The molecule has 1 fully saturated rings. The Kier molecular flexibility index (Phi) is 9.24. The minimum absolute atomic E-state index is 0.00117. The first-order chi connectivity index (χ1) is 17.8. The molecule has 1 heterocycles. The number of sulfone groups is 1. The lowest BCUT2D eigenvalue weighted by Crippen LogP contribution is -2.38. The summed E-state index contributed by atoms with van der Waals surface area (Å²) in [4.78, 5) is 20.8. The molecule has 0 unspecified atom stereocenters. The van der Waals surface area contributed by atoms with E-state index < -0.39 is 9.84 Å². The molecule has 8 heteroatoms. The third-order valence-corrected chi connectivity index (χ3v) is 10.3. The molecule has 202 valence electrons. The van der Waals surface area contributed by atoms with E-state index in [1.807, 2.05) is 30.5 Å². The average molecular weight is 545 g/mol. The number of carbonyl (C=O) groups is 1. The Morgan fingerprint density at radius 3 is 2.38 bits per heavy atom. The lowest BCUT2D eigenvalue weighted by atomic mass is 9.79. The fourth-order valence-electron chi connectivity index (χ4n) is 5.28. The van der Waals surface area contributed by atoms with Gasteiger partial charge in [0.1, 0.15) is 0 Å². The van der Waals surface area contributed by atoms with E-state index in [0.29, 0.717) is 11.4 Å². The Hall–Kier alpha value is -2.03. The van der Waals surface area contributed by atoms with Crippen molar-refractivity contribution in [2.45, 2.75) is 81.5 Å². The molecule has 4 rings (SSSR count). The predicted octanol–water partition coefficient (Wildman–Crippen LogP) is 6.66. The number of hydrogen-bond donors (Lipinski definition) is 1. The number of hydrogen-bond acceptors (Lipinski definition) is 7. The van der Waals surface area contributed by atoms with Crippen LogP contribution in [0.25, 0.3) is 0 Å². The van der Waals surface area contributed by atoms with Gasteiger partial charge in [0.2, 0.25) is 0 Å². The van der Waals surface area contributed by atoms with Gasteiger partial charge >= 0.3 is 5.97 Å². The molecule has 6 nitrogen and oxygen atoms in total. The fraction of sp³-hybridized carbons (Fsp3) is 0.552. The molecule has 0 radical (unpaired) electrons. The second-order valence-corrected chi connectivity index (χ2v) is 13.3. The van der Waals surface area contributed by atoms with Gasteiger partial charge < -0.3 is 9.74 Å². The average Bonchev–Trinajstić information content (AvgIpc) is 3.75. The topological polar surface area (TPSA) is 75.7 Å². The zero-order valence-electron chi connectivity index (χ0n) is 22.3. The van der Waals surface area contributed by atoms with Crippen LogP contribution in [0.3, 0.4) is 0 Å². The molecule has 2 aromatic rings. The first-order valence-corrected chi connectivity index (χ1v) is 16.4. The summed E-state index contributed by atoms with van der Waals surface area (Å²) in [5.41, 5.74) is 5.04. The summed E-state index contributed by atoms with van der Waals surface area (Å²) >= 11 is 1.58. The second-order valence-electron chi connectivity index (χ2n) is 10.5. The van der Waals surface area contributed by atoms with E-state index in [1.165, 1.54) is 0 Å². The zero-order chi connectivity index (χ0) is 26.5. The standard InChI is InChI=1S/C29H40N2O4S2/c1-4-6-15-29(16-7-5-2)20-31(24-11-9-8-10-12-24)25-18-26(36-3)23(17-27(25)37(33,34)21-29)19-30-35-28(32)22-13-14-22/h8-12,17-18,22,30H,4-7,13-16,19-21H2,1-3H3. The van der Waals surface area contributed by atoms with Gasteiger partial charge in [0.15, 0.2) is 9.84 Å². The van der Waals surface area contributed by atoms with Crippen LogP contribution < -0.4 is 10.4 Å². The van der Waals surface area contributed by atoms with Crippen LogP contribution in [0.15, 0.2) is 52.3 Å². The summed E-state index contributed by atoms with van der Waals surface area (Å²) < 4.78 is 28.2. The maximum atomic E-state index is 14.1. The maximum Gasteiger partial charge on any atom is 0.327 e. The second kappa shape index (κ2) is 12.2. The third-order valence-electron chi connectivity index (χ3n) is 7.51. The normalized spacial score (nSPS) is 18.2. The van der Waals surface area contributed by atoms with E-state index in [-0.39, 0.29) is 29.6 Å². The van der Waals surface area contributed by atoms with Crippen molar-refractivity contribution in [1.29, 1.82) is 0 Å². The number of unbranched alkanes of at least 4 members (excludes halogenated alkanes) is 2. The number of para-hydroxylation sites is 1. The van der Waals surface area contributed by atoms with E-state index in [0.717, 1.165) is 73.2 Å². The summed E-state index contributed by atoms with van der Waals surface area (Å²) in [5.74, 6) is -0.0860. The van der Waals surface area contributed by atoms with Crippen molar-refractivity contribution in [3.63, 3.8) is 0 Å². The van der Waals surface area contributed by atoms with Crippen molar-refractivity contribution in [2.24, 2.45) is 11.3 Å². The number of fused-ring (bicyclic) bond motifs is 1. The van der Waals surface area contributed by atoms with Crippen LogP contribution in [0.2, 0.25) is 0 Å². The molecule has 1 saturated carbocycles. The number of rotatable bonds is 12. The summed E-state index contributed by atoms with van der Waals surface area (Å²) in [6.45, 7) is 5.28. The molecule has 0 atom stereocenters. The van der Waals surface area contributed by atoms with Gasteiger partial charge in [-0.05, 0) is 61.8 Å². The van der Waals surface area contributed by atoms with Gasteiger partial charge in [0.25, 0.3) is 0 Å². The van der Waals surface area contributed by atoms with Crippen LogP contribution in [-0.2, 0) is 26.0 Å². The number of thioether (sulfide) groups is 1. The van der Waals surface area contributed by atoms with E-state index >= 15 is 0 Å². The first kappa shape index (κ1) is 28.0. The third kappa shape index (κ3) is 6.70. The molecule has 1 N–H and O–H groups in total. The first-order valence-electron chi connectivity index (χ1n) is 13.5. The molecule has 0 spiro atoms. The minimum atomic E-state index is -3.57. The van der Waals surface area contributed by atoms with Gasteiger partial charge in [-0.3, -0.25) is 4.79 Å². The van der Waals surface area contributed by atoms with Crippen molar-refractivity contribution in [1.82, 2.24) is 5.48 Å². The van der Waals surface area contributed by atoms with Gasteiger partial charge in [-0.2, -0.15) is 0 Å². The molecule has 2 aliphatic rings. The number of benzene rings is 2. The maximum absolute atomic E-state index is 14.1. The van der Waals surface area contributed by atoms with Crippen LogP contribution in [0.4, 0.5) is 11.4 Å². The highest BCUT2D eigenvalue weighted by Gasteiger charge is 2.42. The largest absolute Gasteiger partial charge is 0.370 e. The van der Waals surface area contributed by atoms with Crippen molar-refractivity contribution in [3.8, 4) is 0 Å². The minimum Gasteiger partial charge on any atom is -0.370 e. The lowest BCUT2D eigenvalue weighted by molar-refractivity contribution is -0.153. The van der Waals surface area contributed by atoms with Gasteiger partial charge in [0.05, 0.1) is 28.8 Å². The van der Waals surface area contributed by atoms with Crippen LogP contribution in [0.1, 0.15) is 70.8 Å². The van der Waals surface area contributed by atoms with Crippen molar-refractivity contribution >= 4 is 38.9 Å². The van der Waals surface area contributed by atoms with Crippen LogP contribution in [-0.4, -0.2) is 32.9 Å². The Balaban J connectivity index is 1.78. The lowest BCUT2D eigenvalue weighted by Gasteiger charge is -2.37. The van der Waals surface area contributed by atoms with Crippen LogP contribution >= 0.6 is 11.8 Å². The van der Waals surface area contributed by atoms with Crippen LogP contribution in [0.5, 0.6) is 0 Å². The molecule has 37 heavy (non-hydrogen) atoms. The monoisotopic (exact) mass is 544 g/mol. The number of hydroxylamine groups is 1. The Labute approximate surface area is 226 Å².